The number of rotatable bonds is 5. The highest BCUT2D eigenvalue weighted by Gasteiger charge is 2.13. The van der Waals surface area contributed by atoms with E-state index in [0.29, 0.717) is 13.0 Å². The first-order valence-electron chi connectivity index (χ1n) is 8.68. The smallest absolute Gasteiger partial charge is 0.321 e. The third kappa shape index (κ3) is 5.44. The molecule has 1 aliphatic rings. The van der Waals surface area contributed by atoms with Gasteiger partial charge < -0.3 is 20.4 Å². The molecule has 0 spiro atoms. The highest BCUT2D eigenvalue weighted by atomic mass is 16.2. The second-order valence-electron chi connectivity index (χ2n) is 6.23. The van der Waals surface area contributed by atoms with Crippen LogP contribution in [0.1, 0.15) is 32.1 Å². The van der Waals surface area contributed by atoms with E-state index in [9.17, 15) is 9.59 Å². The van der Waals surface area contributed by atoms with Crippen LogP contribution in [-0.2, 0) is 4.79 Å². The molecule has 0 saturated carbocycles. The number of nitrogens with zero attached hydrogens (tertiary/aromatic N) is 2. The van der Waals surface area contributed by atoms with Crippen LogP contribution < -0.4 is 15.5 Å². The van der Waals surface area contributed by atoms with Crippen LogP contribution in [0.2, 0.25) is 0 Å². The molecule has 1 aromatic rings. The number of hydrogen-bond donors (Lipinski definition) is 2. The number of carbonyl (C=O) groups excluding carboxylic acids is 2. The van der Waals surface area contributed by atoms with Crippen LogP contribution in [-0.4, -0.2) is 50.6 Å². The Morgan fingerprint density at radius 2 is 1.88 bits per heavy atom. The van der Waals surface area contributed by atoms with Gasteiger partial charge in [0.25, 0.3) is 0 Å². The van der Waals surface area contributed by atoms with Gasteiger partial charge >= 0.3 is 6.03 Å². The first-order chi connectivity index (χ1) is 11.6. The van der Waals surface area contributed by atoms with Gasteiger partial charge in [0.1, 0.15) is 0 Å². The van der Waals surface area contributed by atoms with E-state index < -0.39 is 0 Å². The molecule has 0 atom stereocenters. The maximum absolute atomic E-state index is 12.2. The molecule has 6 heteroatoms. The Balaban J connectivity index is 1.93. The van der Waals surface area contributed by atoms with Crippen molar-refractivity contribution in [3.05, 3.63) is 24.3 Å². The number of nitrogens with one attached hydrogen (secondary N) is 2. The fraction of sp³-hybridized carbons (Fsp3) is 0.556. The normalized spacial score (nSPS) is 14.7. The van der Waals surface area contributed by atoms with E-state index in [2.05, 4.69) is 21.6 Å². The molecule has 0 aliphatic carbocycles. The first-order valence-corrected chi connectivity index (χ1v) is 8.68. The van der Waals surface area contributed by atoms with Crippen LogP contribution in [0, 0.1) is 0 Å². The summed E-state index contributed by atoms with van der Waals surface area (Å²) < 4.78 is 0. The zero-order valence-corrected chi connectivity index (χ0v) is 14.7. The molecule has 0 aromatic heterocycles. The second kappa shape index (κ2) is 9.15. The predicted octanol–water partition coefficient (Wildman–Crippen LogP) is 2.67. The Kier molecular flexibility index (Phi) is 6.90. The lowest BCUT2D eigenvalue weighted by molar-refractivity contribution is -0.120. The van der Waals surface area contributed by atoms with Crippen molar-refractivity contribution in [3.8, 4) is 0 Å². The maximum Gasteiger partial charge on any atom is 0.321 e. The summed E-state index contributed by atoms with van der Waals surface area (Å²) in [6, 6.07) is 7.78. The van der Waals surface area contributed by atoms with Crippen LogP contribution in [0.15, 0.2) is 24.3 Å². The van der Waals surface area contributed by atoms with Crippen molar-refractivity contribution >= 4 is 23.3 Å². The monoisotopic (exact) mass is 332 g/mol. The first kappa shape index (κ1) is 18.1. The molecule has 2 rings (SSSR count). The summed E-state index contributed by atoms with van der Waals surface area (Å²) in [6.07, 6.45) is 5.33. The zero-order chi connectivity index (χ0) is 17.4. The molecule has 0 radical (unpaired) electrons. The Morgan fingerprint density at radius 1 is 1.17 bits per heavy atom. The van der Waals surface area contributed by atoms with Gasteiger partial charge in [-0.1, -0.05) is 18.9 Å². The predicted molar refractivity (Wildman–Crippen MR) is 97.5 cm³/mol. The fourth-order valence-electron chi connectivity index (χ4n) is 2.82. The van der Waals surface area contributed by atoms with Gasteiger partial charge in [0.2, 0.25) is 5.91 Å². The van der Waals surface area contributed by atoms with E-state index in [-0.39, 0.29) is 11.9 Å². The highest BCUT2D eigenvalue weighted by Crippen LogP contribution is 2.22. The average molecular weight is 332 g/mol. The lowest BCUT2D eigenvalue weighted by atomic mass is 10.2. The third-order valence-corrected chi connectivity index (χ3v) is 4.37. The minimum atomic E-state index is -0.202. The maximum atomic E-state index is 12.2. The summed E-state index contributed by atoms with van der Waals surface area (Å²) in [5.41, 5.74) is 1.94. The van der Waals surface area contributed by atoms with Crippen molar-refractivity contribution in [1.82, 2.24) is 10.2 Å². The molecule has 1 fully saturated rings. The highest BCUT2D eigenvalue weighted by molar-refractivity contribution is 5.90. The summed E-state index contributed by atoms with van der Waals surface area (Å²) in [4.78, 5) is 27.4. The van der Waals surface area contributed by atoms with Gasteiger partial charge in [-0.25, -0.2) is 4.79 Å². The van der Waals surface area contributed by atoms with Gasteiger partial charge in [-0.15, -0.1) is 0 Å². The molecule has 3 amide bonds. The Labute approximate surface area is 144 Å². The van der Waals surface area contributed by atoms with Crippen molar-refractivity contribution in [1.29, 1.82) is 0 Å². The molecule has 0 bridgehead atoms. The summed E-state index contributed by atoms with van der Waals surface area (Å²) in [5.74, 6) is -0.0715. The fourth-order valence-corrected chi connectivity index (χ4v) is 2.82. The lowest BCUT2D eigenvalue weighted by Crippen LogP contribution is -2.34. The molecule has 132 valence electrons. The van der Waals surface area contributed by atoms with Crippen molar-refractivity contribution < 1.29 is 9.59 Å². The van der Waals surface area contributed by atoms with E-state index in [4.69, 9.17) is 0 Å². The number of urea groups is 1. The minimum Gasteiger partial charge on any atom is -0.371 e. The van der Waals surface area contributed by atoms with Crippen LogP contribution in [0.3, 0.4) is 0 Å². The number of carbonyl (C=O) groups is 2. The molecule has 1 aromatic carbocycles. The lowest BCUT2D eigenvalue weighted by Gasteiger charge is -2.23. The number of anilines is 2. The molecule has 1 saturated heterocycles. The minimum absolute atomic E-state index is 0.0715. The standard InChI is InChI=1S/C18H28N4O2/c1-19-17(23)10-13-21(2)18(24)20-15-8-7-9-16(14-15)22-11-5-3-4-6-12-22/h7-9,14H,3-6,10-13H2,1-2H3,(H,19,23)(H,20,24). The molecular formula is C18H28N4O2. The van der Waals surface area contributed by atoms with Gasteiger partial charge in [0, 0.05) is 51.5 Å². The largest absolute Gasteiger partial charge is 0.371 e. The van der Waals surface area contributed by atoms with Crippen molar-refractivity contribution in [2.45, 2.75) is 32.1 Å². The van der Waals surface area contributed by atoms with E-state index >= 15 is 0 Å². The molecular weight excluding hydrogens is 304 g/mol. The summed E-state index contributed by atoms with van der Waals surface area (Å²) in [6.45, 7) is 2.53. The SMILES string of the molecule is CNC(=O)CCN(C)C(=O)Nc1cccc(N2CCCCCC2)c1. The van der Waals surface area contributed by atoms with Gasteiger partial charge in [0.15, 0.2) is 0 Å². The second-order valence-corrected chi connectivity index (χ2v) is 6.23. The van der Waals surface area contributed by atoms with Gasteiger partial charge in [-0.2, -0.15) is 0 Å². The van der Waals surface area contributed by atoms with Crippen LogP contribution in [0.5, 0.6) is 0 Å². The number of benzene rings is 1. The number of hydrogen-bond acceptors (Lipinski definition) is 3. The van der Waals surface area contributed by atoms with E-state index in [1.165, 1.54) is 30.6 Å². The van der Waals surface area contributed by atoms with E-state index in [0.717, 1.165) is 24.5 Å². The molecule has 2 N–H and O–H groups in total. The molecule has 6 nitrogen and oxygen atoms in total. The molecule has 1 heterocycles. The van der Waals surface area contributed by atoms with E-state index in [1.54, 1.807) is 14.1 Å². The summed E-state index contributed by atoms with van der Waals surface area (Å²) in [5, 5.41) is 5.46. The van der Waals surface area contributed by atoms with Crippen molar-refractivity contribution in [3.63, 3.8) is 0 Å². The van der Waals surface area contributed by atoms with Crippen LogP contribution in [0.4, 0.5) is 16.2 Å². The topological polar surface area (TPSA) is 64.7 Å². The molecule has 1 aliphatic heterocycles. The molecule has 0 unspecified atom stereocenters. The van der Waals surface area contributed by atoms with Gasteiger partial charge in [-0.3, -0.25) is 4.79 Å². The number of amides is 3. The van der Waals surface area contributed by atoms with Gasteiger partial charge in [-0.05, 0) is 31.0 Å². The quantitative estimate of drug-likeness (QED) is 0.871. The Hall–Kier alpha value is -2.24. The summed E-state index contributed by atoms with van der Waals surface area (Å²) in [7, 11) is 3.29. The van der Waals surface area contributed by atoms with Crippen molar-refractivity contribution in [2.75, 3.05) is 43.9 Å². The van der Waals surface area contributed by atoms with Crippen LogP contribution in [0.25, 0.3) is 0 Å². The average Bonchev–Trinajstić information content (AvgIpc) is 2.88. The molecule has 24 heavy (non-hydrogen) atoms. The third-order valence-electron chi connectivity index (χ3n) is 4.37. The van der Waals surface area contributed by atoms with Crippen LogP contribution >= 0.6 is 0 Å². The van der Waals surface area contributed by atoms with Gasteiger partial charge in [0.05, 0.1) is 0 Å². The van der Waals surface area contributed by atoms with Crippen molar-refractivity contribution in [2.24, 2.45) is 0 Å². The van der Waals surface area contributed by atoms with E-state index in [1.807, 2.05) is 18.2 Å². The zero-order valence-electron chi connectivity index (χ0n) is 14.7. The summed E-state index contributed by atoms with van der Waals surface area (Å²) >= 11 is 0. The Morgan fingerprint density at radius 3 is 2.54 bits per heavy atom. The Bertz CT molecular complexity index is 554.